The molecule has 2 amide bonds. The van der Waals surface area contributed by atoms with Crippen molar-refractivity contribution in [2.24, 2.45) is 0 Å². The van der Waals surface area contributed by atoms with Gasteiger partial charge < -0.3 is 10.6 Å². The molecular formula is C11H14Cl2N2O. The van der Waals surface area contributed by atoms with E-state index in [0.29, 0.717) is 15.7 Å². The molecule has 0 unspecified atom stereocenters. The van der Waals surface area contributed by atoms with Crippen LogP contribution in [0.3, 0.4) is 0 Å². The largest absolute Gasteiger partial charge is 0.333 e. The van der Waals surface area contributed by atoms with E-state index < -0.39 is 0 Å². The minimum absolute atomic E-state index is 0.289. The van der Waals surface area contributed by atoms with Crippen molar-refractivity contribution in [3.05, 3.63) is 28.2 Å². The quantitative estimate of drug-likeness (QED) is 0.790. The number of rotatable bonds is 1. The highest BCUT2D eigenvalue weighted by Gasteiger charge is 2.14. The van der Waals surface area contributed by atoms with Crippen LogP contribution in [-0.2, 0) is 0 Å². The summed E-state index contributed by atoms with van der Waals surface area (Å²) in [6, 6.07) is 4.61. The van der Waals surface area contributed by atoms with Gasteiger partial charge in [-0.15, -0.1) is 0 Å². The third kappa shape index (κ3) is 4.29. The summed E-state index contributed by atoms with van der Waals surface area (Å²) in [4.78, 5) is 11.6. The molecule has 0 aliphatic carbocycles. The fourth-order valence-corrected chi connectivity index (χ4v) is 1.54. The van der Waals surface area contributed by atoms with Crippen molar-refractivity contribution in [3.63, 3.8) is 0 Å². The van der Waals surface area contributed by atoms with Crippen molar-refractivity contribution in [2.75, 3.05) is 5.32 Å². The van der Waals surface area contributed by atoms with E-state index >= 15 is 0 Å². The Kier molecular flexibility index (Phi) is 4.05. The summed E-state index contributed by atoms with van der Waals surface area (Å²) in [6.45, 7) is 5.70. The average molecular weight is 261 g/mol. The number of amides is 2. The molecule has 0 fully saturated rings. The van der Waals surface area contributed by atoms with Gasteiger partial charge in [-0.2, -0.15) is 0 Å². The summed E-state index contributed by atoms with van der Waals surface area (Å²) in [5.41, 5.74) is 0.246. The molecular weight excluding hydrogens is 247 g/mol. The zero-order valence-electron chi connectivity index (χ0n) is 9.40. The standard InChI is InChI=1S/C11H14Cl2N2O/c1-11(2,3)15-10(16)14-9-5-4-7(12)6-8(9)13/h4-6H,1-3H3,(H2,14,15,16). The van der Waals surface area contributed by atoms with E-state index in [9.17, 15) is 4.79 Å². The minimum Gasteiger partial charge on any atom is -0.333 e. The summed E-state index contributed by atoms with van der Waals surface area (Å²) in [6.07, 6.45) is 0. The van der Waals surface area contributed by atoms with Crippen molar-refractivity contribution in [2.45, 2.75) is 26.3 Å². The number of carbonyl (C=O) groups excluding carboxylic acids is 1. The number of hydrogen-bond acceptors (Lipinski definition) is 1. The predicted molar refractivity (Wildman–Crippen MR) is 68.4 cm³/mol. The maximum Gasteiger partial charge on any atom is 0.319 e. The highest BCUT2D eigenvalue weighted by atomic mass is 35.5. The first-order chi connectivity index (χ1) is 7.28. The van der Waals surface area contributed by atoms with E-state index in [2.05, 4.69) is 10.6 Å². The van der Waals surface area contributed by atoms with Gasteiger partial charge in [0, 0.05) is 10.6 Å². The van der Waals surface area contributed by atoms with E-state index in [0.717, 1.165) is 0 Å². The molecule has 16 heavy (non-hydrogen) atoms. The Hall–Kier alpha value is -0.930. The van der Waals surface area contributed by atoms with Crippen LogP contribution in [0.4, 0.5) is 10.5 Å². The lowest BCUT2D eigenvalue weighted by Crippen LogP contribution is -2.43. The molecule has 1 rings (SSSR count). The molecule has 0 aliphatic rings. The molecule has 0 saturated carbocycles. The van der Waals surface area contributed by atoms with Crippen LogP contribution in [-0.4, -0.2) is 11.6 Å². The van der Waals surface area contributed by atoms with Gasteiger partial charge in [-0.05, 0) is 39.0 Å². The third-order valence-electron chi connectivity index (χ3n) is 1.67. The zero-order valence-corrected chi connectivity index (χ0v) is 10.9. The van der Waals surface area contributed by atoms with Crippen LogP contribution >= 0.6 is 23.2 Å². The number of nitrogens with one attached hydrogen (secondary N) is 2. The summed E-state index contributed by atoms with van der Waals surface area (Å²) in [5, 5.41) is 6.37. The average Bonchev–Trinajstić information content (AvgIpc) is 2.06. The van der Waals surface area contributed by atoms with Crippen LogP contribution in [0, 0.1) is 0 Å². The first-order valence-electron chi connectivity index (χ1n) is 4.82. The molecule has 0 spiro atoms. The first-order valence-corrected chi connectivity index (χ1v) is 5.58. The second-order valence-corrected chi connectivity index (χ2v) is 5.30. The lowest BCUT2D eigenvalue weighted by Gasteiger charge is -2.21. The Labute approximate surface area is 105 Å². The van der Waals surface area contributed by atoms with Crippen LogP contribution in [0.5, 0.6) is 0 Å². The summed E-state index contributed by atoms with van der Waals surface area (Å²) < 4.78 is 0. The van der Waals surface area contributed by atoms with E-state index in [4.69, 9.17) is 23.2 Å². The highest BCUT2D eigenvalue weighted by molar-refractivity contribution is 6.36. The topological polar surface area (TPSA) is 41.1 Å². The van der Waals surface area contributed by atoms with Crippen LogP contribution in [0.2, 0.25) is 10.0 Å². The van der Waals surface area contributed by atoms with Gasteiger partial charge in [0.15, 0.2) is 0 Å². The van der Waals surface area contributed by atoms with Gasteiger partial charge in [0.25, 0.3) is 0 Å². The fraction of sp³-hybridized carbons (Fsp3) is 0.364. The van der Waals surface area contributed by atoms with Crippen molar-refractivity contribution in [1.82, 2.24) is 5.32 Å². The Morgan fingerprint density at radius 1 is 1.25 bits per heavy atom. The van der Waals surface area contributed by atoms with Crippen molar-refractivity contribution >= 4 is 34.9 Å². The molecule has 3 nitrogen and oxygen atoms in total. The maximum atomic E-state index is 11.6. The first kappa shape index (κ1) is 13.1. The van der Waals surface area contributed by atoms with Gasteiger partial charge in [-0.3, -0.25) is 0 Å². The number of anilines is 1. The van der Waals surface area contributed by atoms with Gasteiger partial charge in [-0.25, -0.2) is 4.79 Å². The lowest BCUT2D eigenvalue weighted by atomic mass is 10.1. The molecule has 0 bridgehead atoms. The number of urea groups is 1. The molecule has 1 aromatic carbocycles. The van der Waals surface area contributed by atoms with Gasteiger partial charge in [0.2, 0.25) is 0 Å². The molecule has 0 saturated heterocycles. The molecule has 0 heterocycles. The van der Waals surface area contributed by atoms with Crippen LogP contribution in [0.15, 0.2) is 18.2 Å². The second-order valence-electron chi connectivity index (χ2n) is 4.45. The molecule has 0 aromatic heterocycles. The Morgan fingerprint density at radius 2 is 1.88 bits per heavy atom. The molecule has 88 valence electrons. The Morgan fingerprint density at radius 3 is 2.38 bits per heavy atom. The fourth-order valence-electron chi connectivity index (χ4n) is 1.09. The van der Waals surface area contributed by atoms with E-state index in [1.807, 2.05) is 20.8 Å². The molecule has 5 heteroatoms. The SMILES string of the molecule is CC(C)(C)NC(=O)Nc1ccc(Cl)cc1Cl. The van der Waals surface area contributed by atoms with Crippen molar-refractivity contribution in [1.29, 1.82) is 0 Å². The van der Waals surface area contributed by atoms with E-state index in [1.54, 1.807) is 18.2 Å². The summed E-state index contributed by atoms with van der Waals surface area (Å²) in [7, 11) is 0. The van der Waals surface area contributed by atoms with E-state index in [1.165, 1.54) is 0 Å². The molecule has 2 N–H and O–H groups in total. The van der Waals surface area contributed by atoms with Gasteiger partial charge in [-0.1, -0.05) is 23.2 Å². The van der Waals surface area contributed by atoms with Crippen LogP contribution in [0.1, 0.15) is 20.8 Å². The smallest absolute Gasteiger partial charge is 0.319 e. The zero-order chi connectivity index (χ0) is 12.3. The van der Waals surface area contributed by atoms with Crippen molar-refractivity contribution in [3.8, 4) is 0 Å². The number of hydrogen-bond donors (Lipinski definition) is 2. The lowest BCUT2D eigenvalue weighted by molar-refractivity contribution is 0.244. The molecule has 0 radical (unpaired) electrons. The molecule has 1 aromatic rings. The van der Waals surface area contributed by atoms with Gasteiger partial charge >= 0.3 is 6.03 Å². The minimum atomic E-state index is -0.295. The highest BCUT2D eigenvalue weighted by Crippen LogP contribution is 2.25. The van der Waals surface area contributed by atoms with Crippen LogP contribution in [0.25, 0.3) is 0 Å². The molecule has 0 atom stereocenters. The van der Waals surface area contributed by atoms with E-state index in [-0.39, 0.29) is 11.6 Å². The number of benzene rings is 1. The Balaban J connectivity index is 2.70. The monoisotopic (exact) mass is 260 g/mol. The predicted octanol–water partition coefficient (Wildman–Crippen LogP) is 3.91. The van der Waals surface area contributed by atoms with Crippen molar-refractivity contribution < 1.29 is 4.79 Å². The summed E-state index contributed by atoms with van der Waals surface area (Å²) >= 11 is 11.7. The second kappa shape index (κ2) is 4.93. The maximum absolute atomic E-state index is 11.6. The van der Waals surface area contributed by atoms with Crippen LogP contribution < -0.4 is 10.6 Å². The summed E-state index contributed by atoms with van der Waals surface area (Å²) in [5.74, 6) is 0. The number of carbonyl (C=O) groups is 1. The normalized spacial score (nSPS) is 11.1. The third-order valence-corrected chi connectivity index (χ3v) is 2.22. The van der Waals surface area contributed by atoms with Gasteiger partial charge in [0.05, 0.1) is 10.7 Å². The van der Waals surface area contributed by atoms with Gasteiger partial charge in [0.1, 0.15) is 0 Å². The molecule has 0 aliphatic heterocycles. The Bertz CT molecular complexity index is 399. The number of halogens is 2.